The van der Waals surface area contributed by atoms with Crippen molar-refractivity contribution in [3.63, 3.8) is 0 Å². The summed E-state index contributed by atoms with van der Waals surface area (Å²) < 4.78 is 0. The van der Waals surface area contributed by atoms with Crippen LogP contribution in [-0.2, 0) is 0 Å². The highest BCUT2D eigenvalue weighted by molar-refractivity contribution is 4.35. The van der Waals surface area contributed by atoms with Gasteiger partial charge in [0.25, 0.3) is 0 Å². The van der Waals surface area contributed by atoms with Gasteiger partial charge >= 0.3 is 0 Å². The fraction of sp³-hybridized carbons (Fsp3) is 1.00. The molecule has 0 aliphatic carbocycles. The first kappa shape index (κ1) is 11.2. The van der Waals surface area contributed by atoms with Gasteiger partial charge in [0.1, 0.15) is 0 Å². The predicted molar refractivity (Wildman–Crippen MR) is 25.2 cm³/mol. The minimum atomic E-state index is -1.14. The zero-order valence-electron chi connectivity index (χ0n) is 4.68. The van der Waals surface area contributed by atoms with E-state index >= 15 is 0 Å². The number of hydrogen-bond donors (Lipinski definition) is 3. The van der Waals surface area contributed by atoms with E-state index in [4.69, 9.17) is 10.2 Å². The molecule has 0 rings (SSSR count). The number of aliphatic hydroxyl groups is 2. The fourth-order valence-electron chi connectivity index (χ4n) is 0.327. The first-order valence-corrected chi connectivity index (χ1v) is 2.42. The van der Waals surface area contributed by atoms with Gasteiger partial charge in [-0.25, -0.2) is 0 Å². The molecule has 0 radical (unpaired) electrons. The van der Waals surface area contributed by atoms with Crippen LogP contribution in [0.4, 0.5) is 0 Å². The second-order valence-corrected chi connectivity index (χ2v) is 1.48. The molecule has 0 aromatic rings. The standard InChI is InChI=1S/C4H11NO2.BrH/c5-3-1-2-4(6)7;/h4,6-7H,1-3,5H2;1H. The van der Waals surface area contributed by atoms with Gasteiger partial charge in [-0.05, 0) is 0 Å². The van der Waals surface area contributed by atoms with Crippen molar-refractivity contribution in [2.45, 2.75) is 19.1 Å². The first-order valence-electron chi connectivity index (χ1n) is 2.42. The molecule has 0 aromatic heterocycles. The number of rotatable bonds is 3. The SMILES string of the molecule is [Br-].[NH3+]CCCC(O)O. The van der Waals surface area contributed by atoms with Gasteiger partial charge in [-0.1, -0.05) is 0 Å². The molecule has 0 spiro atoms. The van der Waals surface area contributed by atoms with Crippen molar-refractivity contribution < 1.29 is 32.9 Å². The molecule has 0 bridgehead atoms. The molecule has 3 nitrogen and oxygen atoms in total. The summed E-state index contributed by atoms with van der Waals surface area (Å²) in [5.41, 5.74) is 3.54. The van der Waals surface area contributed by atoms with Crippen LogP contribution in [0.25, 0.3) is 0 Å². The quantitative estimate of drug-likeness (QED) is 0.388. The third kappa shape index (κ3) is 9.61. The Hall–Kier alpha value is 0.360. The molecule has 4 heteroatoms. The summed E-state index contributed by atoms with van der Waals surface area (Å²) >= 11 is 0. The highest BCUT2D eigenvalue weighted by atomic mass is 79.9. The largest absolute Gasteiger partial charge is 1.00 e. The molecule has 8 heavy (non-hydrogen) atoms. The molecule has 0 amide bonds. The molecule has 5 N–H and O–H groups in total. The van der Waals surface area contributed by atoms with Crippen molar-refractivity contribution in [3.8, 4) is 0 Å². The maximum Gasteiger partial charge on any atom is 0.151 e. The summed E-state index contributed by atoms with van der Waals surface area (Å²) in [6.07, 6.45) is 0.1000. The van der Waals surface area contributed by atoms with E-state index in [0.29, 0.717) is 6.42 Å². The van der Waals surface area contributed by atoms with Gasteiger partial charge in [0.05, 0.1) is 6.54 Å². The summed E-state index contributed by atoms with van der Waals surface area (Å²) in [6, 6.07) is 0. The van der Waals surface area contributed by atoms with Gasteiger partial charge in [0.15, 0.2) is 6.29 Å². The topological polar surface area (TPSA) is 68.1 Å². The maximum atomic E-state index is 8.21. The normalized spacial score (nSPS) is 9.00. The number of quaternary nitrogens is 1. The zero-order chi connectivity index (χ0) is 5.70. The highest BCUT2D eigenvalue weighted by Crippen LogP contribution is 1.87. The van der Waals surface area contributed by atoms with Crippen molar-refractivity contribution in [3.05, 3.63) is 0 Å². The molecular formula is C4H12BrNO2. The molecule has 0 heterocycles. The Balaban J connectivity index is 0. The zero-order valence-corrected chi connectivity index (χ0v) is 6.26. The molecule has 0 atom stereocenters. The number of aliphatic hydroxyl groups excluding tert-OH is 1. The summed E-state index contributed by atoms with van der Waals surface area (Å²) in [4.78, 5) is 0. The minimum absolute atomic E-state index is 0. The Labute approximate surface area is 59.3 Å². The van der Waals surface area contributed by atoms with Crippen molar-refractivity contribution in [1.82, 2.24) is 0 Å². The van der Waals surface area contributed by atoms with Gasteiger partial charge in [0.2, 0.25) is 0 Å². The lowest BCUT2D eigenvalue weighted by Crippen LogP contribution is -3.00. The van der Waals surface area contributed by atoms with Crippen LogP contribution in [-0.4, -0.2) is 23.0 Å². The third-order valence-corrected chi connectivity index (χ3v) is 0.712. The molecular weight excluding hydrogens is 174 g/mol. The maximum absolute atomic E-state index is 8.21. The van der Waals surface area contributed by atoms with Crippen LogP contribution in [0.1, 0.15) is 12.8 Å². The van der Waals surface area contributed by atoms with E-state index in [-0.39, 0.29) is 17.0 Å². The summed E-state index contributed by atoms with van der Waals surface area (Å²) in [6.45, 7) is 0.775. The first-order chi connectivity index (χ1) is 3.27. The van der Waals surface area contributed by atoms with Gasteiger partial charge in [0, 0.05) is 12.8 Å². The molecule has 0 saturated carbocycles. The second-order valence-electron chi connectivity index (χ2n) is 1.48. The highest BCUT2D eigenvalue weighted by Gasteiger charge is 1.93. The van der Waals surface area contributed by atoms with Crippen LogP contribution in [0.15, 0.2) is 0 Å². The van der Waals surface area contributed by atoms with Gasteiger partial charge in [-0.2, -0.15) is 0 Å². The Morgan fingerprint density at radius 2 is 1.88 bits per heavy atom. The monoisotopic (exact) mass is 185 g/mol. The molecule has 0 aliphatic heterocycles. The van der Waals surface area contributed by atoms with Crippen LogP contribution in [0.3, 0.4) is 0 Å². The lowest BCUT2D eigenvalue weighted by molar-refractivity contribution is -0.369. The van der Waals surface area contributed by atoms with Crippen molar-refractivity contribution in [2.24, 2.45) is 0 Å². The second kappa shape index (κ2) is 7.36. The summed E-state index contributed by atoms with van der Waals surface area (Å²) in [5, 5.41) is 16.4. The Morgan fingerprint density at radius 1 is 1.38 bits per heavy atom. The number of halogens is 1. The Bertz CT molecular complexity index is 43.0. The van der Waals surface area contributed by atoms with E-state index in [2.05, 4.69) is 5.73 Å². The van der Waals surface area contributed by atoms with Gasteiger partial charge in [-0.15, -0.1) is 0 Å². The van der Waals surface area contributed by atoms with E-state index in [1.165, 1.54) is 0 Å². The molecule has 0 fully saturated rings. The van der Waals surface area contributed by atoms with E-state index in [9.17, 15) is 0 Å². The van der Waals surface area contributed by atoms with Crippen LogP contribution in [0, 0.1) is 0 Å². The third-order valence-electron chi connectivity index (χ3n) is 0.712. The predicted octanol–water partition coefficient (Wildman–Crippen LogP) is -4.68. The Kier molecular flexibility index (Phi) is 10.3. The van der Waals surface area contributed by atoms with Crippen LogP contribution >= 0.6 is 0 Å². The van der Waals surface area contributed by atoms with E-state index in [1.807, 2.05) is 0 Å². The van der Waals surface area contributed by atoms with Crippen molar-refractivity contribution in [1.29, 1.82) is 0 Å². The van der Waals surface area contributed by atoms with E-state index < -0.39 is 6.29 Å². The molecule has 0 aromatic carbocycles. The Morgan fingerprint density at radius 3 is 2.00 bits per heavy atom. The van der Waals surface area contributed by atoms with Crippen LogP contribution in [0.2, 0.25) is 0 Å². The van der Waals surface area contributed by atoms with Crippen molar-refractivity contribution in [2.75, 3.05) is 6.54 Å². The van der Waals surface area contributed by atoms with E-state index in [1.54, 1.807) is 0 Å². The number of hydrogen-bond acceptors (Lipinski definition) is 2. The molecule has 52 valence electrons. The lowest BCUT2D eigenvalue weighted by Gasteiger charge is -1.96. The molecule has 0 aliphatic rings. The van der Waals surface area contributed by atoms with Crippen LogP contribution in [0.5, 0.6) is 0 Å². The van der Waals surface area contributed by atoms with Gasteiger partial charge in [-0.3, -0.25) is 0 Å². The van der Waals surface area contributed by atoms with Gasteiger partial charge < -0.3 is 32.9 Å². The lowest BCUT2D eigenvalue weighted by atomic mass is 10.3. The average Bonchev–Trinajstić information content (AvgIpc) is 1.61. The smallest absolute Gasteiger partial charge is 0.151 e. The van der Waals surface area contributed by atoms with Crippen molar-refractivity contribution >= 4 is 0 Å². The summed E-state index contributed by atoms with van der Waals surface area (Å²) in [5.74, 6) is 0. The minimum Gasteiger partial charge on any atom is -1.00 e. The fourth-order valence-corrected chi connectivity index (χ4v) is 0.327. The molecule has 0 unspecified atom stereocenters. The average molecular weight is 186 g/mol. The molecule has 0 saturated heterocycles. The van der Waals surface area contributed by atoms with Crippen LogP contribution < -0.4 is 22.7 Å². The van der Waals surface area contributed by atoms with E-state index in [0.717, 1.165) is 13.0 Å². The summed E-state index contributed by atoms with van der Waals surface area (Å²) in [7, 11) is 0.